The smallest absolute Gasteiger partial charge is 0.349 e. The van der Waals surface area contributed by atoms with Crippen molar-refractivity contribution in [2.45, 2.75) is 25.9 Å². The van der Waals surface area contributed by atoms with Gasteiger partial charge in [-0.1, -0.05) is 0 Å². The molecule has 0 unspecified atom stereocenters. The zero-order valence-electron chi connectivity index (χ0n) is 10.7. The fourth-order valence-electron chi connectivity index (χ4n) is 1.77. The number of hydrogen-bond acceptors (Lipinski definition) is 7. The lowest BCUT2D eigenvalue weighted by Crippen LogP contribution is -2.26. The quantitative estimate of drug-likeness (QED) is 0.636. The van der Waals surface area contributed by atoms with E-state index in [0.717, 1.165) is 0 Å². The van der Waals surface area contributed by atoms with Gasteiger partial charge in [-0.15, -0.1) is 0 Å². The summed E-state index contributed by atoms with van der Waals surface area (Å²) in [4.78, 5) is 18.3. The molecule has 0 aromatic carbocycles. The Morgan fingerprint density at radius 2 is 2.32 bits per heavy atom. The summed E-state index contributed by atoms with van der Waals surface area (Å²) in [5.74, 6) is 0.345. The average molecular weight is 268 g/mol. The van der Waals surface area contributed by atoms with Gasteiger partial charge in [0.2, 0.25) is 5.95 Å². The number of aromatic nitrogens is 2. The molecule has 1 N–H and O–H groups in total. The van der Waals surface area contributed by atoms with Gasteiger partial charge < -0.3 is 14.8 Å². The van der Waals surface area contributed by atoms with Crippen LogP contribution in [0.2, 0.25) is 0 Å². The second-order valence-corrected chi connectivity index (χ2v) is 4.10. The molecule has 0 amide bonds. The number of nitrogens with zero attached hydrogens (tertiary/aromatic N) is 3. The van der Waals surface area contributed by atoms with E-state index in [4.69, 9.17) is 9.47 Å². The molecule has 0 spiro atoms. The van der Waals surface area contributed by atoms with Crippen LogP contribution in [0.25, 0.3) is 0 Å². The minimum Gasteiger partial charge on any atom is -0.469 e. The number of nitrogens with one attached hydrogen (secondary N) is 1. The van der Waals surface area contributed by atoms with Crippen molar-refractivity contribution in [1.29, 1.82) is 0 Å². The maximum absolute atomic E-state index is 10.9. The Bertz CT molecular complexity index is 448. The number of hydrogen-bond donors (Lipinski definition) is 1. The van der Waals surface area contributed by atoms with Crippen LogP contribution in [0.4, 0.5) is 11.6 Å². The van der Waals surface area contributed by atoms with E-state index >= 15 is 0 Å². The van der Waals surface area contributed by atoms with Gasteiger partial charge in [0.15, 0.2) is 0 Å². The van der Waals surface area contributed by atoms with E-state index < -0.39 is 4.92 Å². The van der Waals surface area contributed by atoms with E-state index in [-0.39, 0.29) is 17.7 Å². The lowest BCUT2D eigenvalue weighted by Gasteiger charge is -2.22. The summed E-state index contributed by atoms with van der Waals surface area (Å²) in [6, 6.07) is 0. The molecule has 2 heterocycles. The van der Waals surface area contributed by atoms with Gasteiger partial charge in [-0.25, -0.2) is 4.98 Å². The summed E-state index contributed by atoms with van der Waals surface area (Å²) >= 11 is 0. The Morgan fingerprint density at radius 3 is 2.95 bits per heavy atom. The Balaban J connectivity index is 2.18. The van der Waals surface area contributed by atoms with Crippen molar-refractivity contribution < 1.29 is 14.4 Å². The first-order chi connectivity index (χ1) is 9.20. The van der Waals surface area contributed by atoms with E-state index in [1.165, 1.54) is 6.20 Å². The molecule has 8 nitrogen and oxygen atoms in total. The number of ether oxygens (including phenoxy) is 2. The SMILES string of the molecule is CCNc1ncc([N+](=O)[O-])c(OC2CCOCC2)n1. The topological polar surface area (TPSA) is 99.4 Å². The zero-order chi connectivity index (χ0) is 13.7. The monoisotopic (exact) mass is 268 g/mol. The van der Waals surface area contributed by atoms with Crippen molar-refractivity contribution in [2.24, 2.45) is 0 Å². The van der Waals surface area contributed by atoms with Crippen molar-refractivity contribution in [1.82, 2.24) is 9.97 Å². The number of nitro groups is 1. The van der Waals surface area contributed by atoms with Crippen LogP contribution in [0.15, 0.2) is 6.20 Å². The van der Waals surface area contributed by atoms with Crippen LogP contribution in [0.5, 0.6) is 5.88 Å². The minimum absolute atomic E-state index is 0.0165. The molecule has 1 aliphatic heterocycles. The summed E-state index contributed by atoms with van der Waals surface area (Å²) in [7, 11) is 0. The molecule has 19 heavy (non-hydrogen) atoms. The van der Waals surface area contributed by atoms with E-state index in [1.807, 2.05) is 6.92 Å². The number of rotatable bonds is 5. The van der Waals surface area contributed by atoms with Gasteiger partial charge >= 0.3 is 5.69 Å². The summed E-state index contributed by atoms with van der Waals surface area (Å²) in [6.07, 6.45) is 2.48. The van der Waals surface area contributed by atoms with Crippen LogP contribution >= 0.6 is 0 Å². The maximum Gasteiger partial charge on any atom is 0.349 e. The Labute approximate surface area is 110 Å². The molecule has 0 aliphatic carbocycles. The van der Waals surface area contributed by atoms with Crippen molar-refractivity contribution in [3.05, 3.63) is 16.3 Å². The Morgan fingerprint density at radius 1 is 1.58 bits per heavy atom. The molecule has 0 atom stereocenters. The predicted molar refractivity (Wildman–Crippen MR) is 67.3 cm³/mol. The molecular formula is C11H16N4O4. The highest BCUT2D eigenvalue weighted by Crippen LogP contribution is 2.27. The molecule has 0 bridgehead atoms. The van der Waals surface area contributed by atoms with E-state index in [0.29, 0.717) is 38.5 Å². The largest absolute Gasteiger partial charge is 0.469 e. The highest BCUT2D eigenvalue weighted by Gasteiger charge is 2.23. The highest BCUT2D eigenvalue weighted by atomic mass is 16.6. The van der Waals surface area contributed by atoms with Gasteiger partial charge in [0.25, 0.3) is 5.88 Å². The third-order valence-corrected chi connectivity index (χ3v) is 2.71. The normalized spacial score (nSPS) is 16.1. The lowest BCUT2D eigenvalue weighted by atomic mass is 10.1. The zero-order valence-corrected chi connectivity index (χ0v) is 10.7. The number of anilines is 1. The standard InChI is InChI=1S/C11H16N4O4/c1-2-12-11-13-7-9(15(16)17)10(14-11)19-8-3-5-18-6-4-8/h7-8H,2-6H2,1H3,(H,12,13,14). The molecule has 8 heteroatoms. The molecule has 0 radical (unpaired) electrons. The van der Waals surface area contributed by atoms with Crippen molar-refractivity contribution in [3.8, 4) is 5.88 Å². The van der Waals surface area contributed by atoms with Gasteiger partial charge in [0, 0.05) is 19.4 Å². The van der Waals surface area contributed by atoms with Gasteiger partial charge in [-0.2, -0.15) is 4.98 Å². The molecular weight excluding hydrogens is 252 g/mol. The summed E-state index contributed by atoms with van der Waals surface area (Å²) in [5, 5.41) is 13.8. The first-order valence-corrected chi connectivity index (χ1v) is 6.20. The first kappa shape index (κ1) is 13.5. The fraction of sp³-hybridized carbons (Fsp3) is 0.636. The summed E-state index contributed by atoms with van der Waals surface area (Å²) < 4.78 is 10.8. The summed E-state index contributed by atoms with van der Waals surface area (Å²) in [5.41, 5.74) is -0.215. The van der Waals surface area contributed by atoms with Crippen LogP contribution in [0.1, 0.15) is 19.8 Å². The van der Waals surface area contributed by atoms with Crippen LogP contribution in [-0.4, -0.2) is 40.8 Å². The minimum atomic E-state index is -0.537. The molecule has 104 valence electrons. The fourth-order valence-corrected chi connectivity index (χ4v) is 1.77. The maximum atomic E-state index is 10.9. The van der Waals surface area contributed by atoms with E-state index in [1.54, 1.807) is 0 Å². The molecule has 1 aromatic heterocycles. The van der Waals surface area contributed by atoms with Gasteiger partial charge in [0.1, 0.15) is 12.3 Å². The lowest BCUT2D eigenvalue weighted by molar-refractivity contribution is -0.386. The molecule has 2 rings (SSSR count). The van der Waals surface area contributed by atoms with Crippen molar-refractivity contribution >= 4 is 11.6 Å². The first-order valence-electron chi connectivity index (χ1n) is 6.20. The highest BCUT2D eigenvalue weighted by molar-refractivity contribution is 5.43. The third kappa shape index (κ3) is 3.50. The molecule has 1 aliphatic rings. The Kier molecular flexibility index (Phi) is 4.45. The second-order valence-electron chi connectivity index (χ2n) is 4.10. The van der Waals surface area contributed by atoms with E-state index in [2.05, 4.69) is 15.3 Å². The van der Waals surface area contributed by atoms with Crippen LogP contribution in [0.3, 0.4) is 0 Å². The van der Waals surface area contributed by atoms with Crippen molar-refractivity contribution in [3.63, 3.8) is 0 Å². The Hall–Kier alpha value is -1.96. The van der Waals surface area contributed by atoms with Crippen LogP contribution in [-0.2, 0) is 4.74 Å². The van der Waals surface area contributed by atoms with Crippen LogP contribution < -0.4 is 10.1 Å². The summed E-state index contributed by atoms with van der Waals surface area (Å²) in [6.45, 7) is 3.73. The van der Waals surface area contributed by atoms with Crippen LogP contribution in [0, 0.1) is 10.1 Å². The predicted octanol–water partition coefficient (Wildman–Crippen LogP) is 1.37. The van der Waals surface area contributed by atoms with E-state index in [9.17, 15) is 10.1 Å². The average Bonchev–Trinajstić information content (AvgIpc) is 2.40. The third-order valence-electron chi connectivity index (χ3n) is 2.71. The molecule has 0 saturated carbocycles. The second kappa shape index (κ2) is 6.28. The van der Waals surface area contributed by atoms with Gasteiger partial charge in [-0.05, 0) is 6.92 Å². The van der Waals surface area contributed by atoms with Gasteiger partial charge in [0.05, 0.1) is 18.1 Å². The van der Waals surface area contributed by atoms with Crippen molar-refractivity contribution in [2.75, 3.05) is 25.1 Å². The molecule has 1 fully saturated rings. The molecule has 1 aromatic rings. The molecule has 1 saturated heterocycles. The van der Waals surface area contributed by atoms with Gasteiger partial charge in [-0.3, -0.25) is 10.1 Å².